The van der Waals surface area contributed by atoms with Gasteiger partial charge in [0, 0.05) is 28.0 Å². The molecule has 1 amide bonds. The maximum Gasteiger partial charge on any atom is 0.279 e. The van der Waals surface area contributed by atoms with Gasteiger partial charge in [0.2, 0.25) is 10.7 Å². The maximum absolute atomic E-state index is 12.6. The van der Waals surface area contributed by atoms with Crippen molar-refractivity contribution >= 4 is 50.7 Å². The zero-order valence-corrected chi connectivity index (χ0v) is 20.2. The van der Waals surface area contributed by atoms with E-state index in [1.165, 1.54) is 4.90 Å². The average molecular weight is 498 g/mol. The molecule has 3 N–H and O–H groups in total. The number of fused-ring (bicyclic) bond motifs is 2. The minimum absolute atomic E-state index is 0.0507. The molecule has 2 fully saturated rings. The summed E-state index contributed by atoms with van der Waals surface area (Å²) in [5, 5.41) is 24.8. The monoisotopic (exact) mass is 497 g/mol. The molecule has 11 heteroatoms. The van der Waals surface area contributed by atoms with E-state index in [0.717, 1.165) is 28.5 Å². The Morgan fingerprint density at radius 1 is 1.50 bits per heavy atom. The third-order valence-corrected chi connectivity index (χ3v) is 9.27. The number of thioether (sulfide) groups is 1. The molecule has 5 rings (SSSR count). The second-order valence-electron chi connectivity index (χ2n) is 8.69. The zero-order chi connectivity index (χ0) is 22.7. The van der Waals surface area contributed by atoms with Crippen molar-refractivity contribution in [3.05, 3.63) is 34.2 Å². The van der Waals surface area contributed by atoms with Crippen molar-refractivity contribution in [2.24, 2.45) is 11.8 Å². The van der Waals surface area contributed by atoms with Crippen molar-refractivity contribution in [2.75, 3.05) is 13.2 Å². The average Bonchev–Trinajstić information content (AvgIpc) is 3.46. The summed E-state index contributed by atoms with van der Waals surface area (Å²) in [5.74, 6) is 0.337. The number of imidazole rings is 1. The highest BCUT2D eigenvalue weighted by Gasteiger charge is 2.60. The lowest BCUT2D eigenvalue weighted by Gasteiger charge is -2.46. The number of rotatable bonds is 7. The first-order valence-electron chi connectivity index (χ1n) is 10.8. The number of β-lactam (4-membered cyclic amide) rings is 1. The number of nitrogens with one attached hydrogen (secondary N) is 1. The number of carbonyl (C=O) groups is 2. The number of thiazole rings is 1. The van der Waals surface area contributed by atoms with Crippen LogP contribution < -0.4 is 9.88 Å². The molecule has 2 aromatic heterocycles. The number of aromatic nitrogens is 2. The van der Waals surface area contributed by atoms with E-state index in [-0.39, 0.29) is 41.5 Å². The van der Waals surface area contributed by atoms with Crippen LogP contribution in [-0.4, -0.2) is 61.2 Å². The van der Waals surface area contributed by atoms with Crippen molar-refractivity contribution in [2.45, 2.75) is 50.3 Å². The number of carbonyl (C=O) groups excluding carboxylic acids is 2. The minimum atomic E-state index is -0.760. The summed E-state index contributed by atoms with van der Waals surface area (Å²) in [5.41, 5.74) is 0.290. The minimum Gasteiger partial charge on any atom is -0.393 e. The lowest BCUT2D eigenvalue weighted by Crippen LogP contribution is -2.63. The Morgan fingerprint density at radius 3 is 2.97 bits per heavy atom. The van der Waals surface area contributed by atoms with Crippen LogP contribution in [0.1, 0.15) is 32.1 Å². The zero-order valence-electron chi connectivity index (χ0n) is 17.8. The molecule has 6 atom stereocenters. The van der Waals surface area contributed by atoms with Gasteiger partial charge in [-0.1, -0.05) is 18.3 Å². The molecule has 3 aliphatic rings. The van der Waals surface area contributed by atoms with Gasteiger partial charge in [-0.2, -0.15) is 4.40 Å². The van der Waals surface area contributed by atoms with Crippen LogP contribution in [0.3, 0.4) is 0 Å². The standard InChI is InChI=1S/C21H26ClN4O4S2/c1-10-16-15(11(2)28)21(30)26(16)17(19(22)29)18(10)32-12-7-13(23-8-12)20-24(3-5-27)9-14-25(20)4-6-31-14/h4,6,9-13,15-16,23,27-28H,3,5,7-8H2,1-2H3/q+1/t10-,11-,12+,13?,15-,16-/m1/s1. The van der Waals surface area contributed by atoms with Crippen LogP contribution in [0.15, 0.2) is 28.4 Å². The molecule has 2 saturated heterocycles. The molecule has 8 nitrogen and oxygen atoms in total. The summed E-state index contributed by atoms with van der Waals surface area (Å²) in [6.45, 7) is 4.99. The first-order chi connectivity index (χ1) is 15.3. The fraction of sp³-hybridized carbons (Fsp3) is 0.571. The topological polar surface area (TPSA) is 98.2 Å². The summed E-state index contributed by atoms with van der Waals surface area (Å²) >= 11 is 9.20. The van der Waals surface area contributed by atoms with Crippen LogP contribution in [0.25, 0.3) is 4.83 Å². The molecule has 0 spiro atoms. The van der Waals surface area contributed by atoms with Crippen molar-refractivity contribution in [3.8, 4) is 0 Å². The Balaban J connectivity index is 1.38. The van der Waals surface area contributed by atoms with Gasteiger partial charge in [0.05, 0.1) is 24.7 Å². The predicted molar refractivity (Wildman–Crippen MR) is 122 cm³/mol. The highest BCUT2D eigenvalue weighted by Crippen LogP contribution is 2.52. The summed E-state index contributed by atoms with van der Waals surface area (Å²) in [4.78, 5) is 28.3. The normalized spacial score (nSPS) is 30.8. The summed E-state index contributed by atoms with van der Waals surface area (Å²) in [6, 6.07) is -0.108. The van der Waals surface area contributed by atoms with Gasteiger partial charge >= 0.3 is 0 Å². The molecule has 0 aliphatic carbocycles. The Hall–Kier alpha value is -1.43. The third kappa shape index (κ3) is 3.35. The van der Waals surface area contributed by atoms with Gasteiger partial charge in [-0.05, 0) is 24.9 Å². The van der Waals surface area contributed by atoms with Gasteiger partial charge in [-0.25, -0.2) is 4.57 Å². The highest BCUT2D eigenvalue weighted by atomic mass is 35.5. The van der Waals surface area contributed by atoms with Crippen molar-refractivity contribution in [3.63, 3.8) is 0 Å². The molecule has 1 unspecified atom stereocenters. The maximum atomic E-state index is 12.6. The van der Waals surface area contributed by atoms with Gasteiger partial charge in [0.15, 0.2) is 0 Å². The number of aliphatic hydroxyl groups excluding tert-OH is 2. The Kier molecular flexibility index (Phi) is 5.88. The summed E-state index contributed by atoms with van der Waals surface area (Å²) in [6.07, 6.45) is 4.20. The first-order valence-corrected chi connectivity index (χ1v) is 12.9. The van der Waals surface area contributed by atoms with E-state index in [9.17, 15) is 19.8 Å². The molecular formula is C21H26ClN4O4S2+. The van der Waals surface area contributed by atoms with Crippen molar-refractivity contribution in [1.29, 1.82) is 0 Å². The van der Waals surface area contributed by atoms with Gasteiger partial charge in [-0.15, -0.1) is 11.8 Å². The molecule has 32 heavy (non-hydrogen) atoms. The fourth-order valence-electron chi connectivity index (χ4n) is 5.40. The fourth-order valence-corrected chi connectivity index (χ4v) is 7.91. The van der Waals surface area contributed by atoms with Crippen LogP contribution >= 0.6 is 34.7 Å². The Morgan fingerprint density at radius 2 is 2.28 bits per heavy atom. The predicted octanol–water partition coefficient (Wildman–Crippen LogP) is 1.25. The molecule has 5 heterocycles. The number of nitrogens with zero attached hydrogens (tertiary/aromatic N) is 3. The Bertz CT molecular complexity index is 1110. The van der Waals surface area contributed by atoms with Crippen LogP contribution in [0.4, 0.5) is 0 Å². The number of halogens is 1. The molecule has 3 aliphatic heterocycles. The van der Waals surface area contributed by atoms with Crippen molar-refractivity contribution in [1.82, 2.24) is 14.6 Å². The molecular weight excluding hydrogens is 472 g/mol. The first kappa shape index (κ1) is 22.4. The highest BCUT2D eigenvalue weighted by molar-refractivity contribution is 8.03. The van der Waals surface area contributed by atoms with E-state index >= 15 is 0 Å². The number of hydrogen-bond donors (Lipinski definition) is 3. The quantitative estimate of drug-likeness (QED) is 0.302. The summed E-state index contributed by atoms with van der Waals surface area (Å²) in [7, 11) is 0. The van der Waals surface area contributed by atoms with Crippen molar-refractivity contribution < 1.29 is 24.4 Å². The number of allylic oxidation sites excluding steroid dienone is 1. The largest absolute Gasteiger partial charge is 0.393 e. The number of amides is 1. The van der Waals surface area contributed by atoms with E-state index in [4.69, 9.17) is 11.6 Å². The van der Waals surface area contributed by atoms with E-state index in [1.54, 1.807) is 30.0 Å². The lowest BCUT2D eigenvalue weighted by atomic mass is 9.79. The molecule has 0 aromatic carbocycles. The van der Waals surface area contributed by atoms with Crippen LogP contribution in [0.2, 0.25) is 0 Å². The van der Waals surface area contributed by atoms with Crippen LogP contribution in [0.5, 0.6) is 0 Å². The van der Waals surface area contributed by atoms with Crippen LogP contribution in [0, 0.1) is 11.8 Å². The molecule has 2 aromatic rings. The Labute approximate surface area is 198 Å². The number of aliphatic hydroxyl groups is 2. The lowest BCUT2D eigenvalue weighted by molar-refractivity contribution is -0.705. The molecule has 172 valence electrons. The van der Waals surface area contributed by atoms with Crippen LogP contribution in [-0.2, 0) is 16.1 Å². The molecule has 0 bridgehead atoms. The van der Waals surface area contributed by atoms with Gasteiger partial charge in [-0.3, -0.25) is 9.59 Å². The molecule has 0 saturated carbocycles. The molecule has 0 radical (unpaired) electrons. The van der Waals surface area contributed by atoms with Gasteiger partial charge in [0.1, 0.15) is 30.7 Å². The van der Waals surface area contributed by atoms with E-state index in [1.807, 2.05) is 18.5 Å². The van der Waals surface area contributed by atoms with E-state index in [2.05, 4.69) is 20.5 Å². The second-order valence-corrected chi connectivity index (χ2v) is 11.3. The van der Waals surface area contributed by atoms with Gasteiger partial charge < -0.3 is 20.4 Å². The second kappa shape index (κ2) is 8.41. The van der Waals surface area contributed by atoms with Gasteiger partial charge in [0.25, 0.3) is 11.1 Å². The third-order valence-electron chi connectivity index (χ3n) is 6.77. The number of hydrogen-bond acceptors (Lipinski definition) is 7. The SMILES string of the molecule is C[C@@H](O)[C@H]1C(=O)N2C(C(=O)Cl)=C(S[C@@H]3CNC(c4n5ccsc5c[n+]4CCO)C3)[C@H](C)[C@H]12. The summed E-state index contributed by atoms with van der Waals surface area (Å²) < 4.78 is 4.26. The smallest absolute Gasteiger partial charge is 0.279 e. The van der Waals surface area contributed by atoms with E-state index < -0.39 is 17.3 Å². The van der Waals surface area contributed by atoms with E-state index in [0.29, 0.717) is 6.54 Å².